The second-order valence-corrected chi connectivity index (χ2v) is 16.6. The zero-order valence-corrected chi connectivity index (χ0v) is 34.2. The Morgan fingerprint density at radius 3 is 1.28 bits per heavy atom. The van der Waals surface area contributed by atoms with E-state index in [4.69, 9.17) is 4.42 Å². The monoisotopic (exact) mass is 781 g/mol. The number of fused-ring (bicyclic) bond motifs is 5. The van der Waals surface area contributed by atoms with E-state index in [0.717, 1.165) is 28.4 Å². The van der Waals surface area contributed by atoms with Gasteiger partial charge in [0.1, 0.15) is 11.3 Å². The minimum atomic E-state index is -0.190. The van der Waals surface area contributed by atoms with E-state index in [0.29, 0.717) is 0 Å². The molecule has 61 heavy (non-hydrogen) atoms. The molecule has 0 bridgehead atoms. The second-order valence-electron chi connectivity index (χ2n) is 16.6. The quantitative estimate of drug-likeness (QED) is 0.153. The van der Waals surface area contributed by atoms with E-state index < -0.39 is 0 Å². The minimum absolute atomic E-state index is 0.190. The first kappa shape index (κ1) is 36.4. The molecule has 0 amide bonds. The molecule has 1 aliphatic rings. The van der Waals surface area contributed by atoms with Crippen LogP contribution in [0, 0.1) is 0 Å². The molecule has 10 aromatic rings. The Morgan fingerprint density at radius 1 is 0.344 bits per heavy atom. The van der Waals surface area contributed by atoms with Gasteiger partial charge in [0.25, 0.3) is 0 Å². The molecule has 290 valence electrons. The van der Waals surface area contributed by atoms with Gasteiger partial charge in [-0.15, -0.1) is 0 Å². The number of rotatable bonds is 8. The van der Waals surface area contributed by atoms with Crippen LogP contribution in [-0.2, 0) is 5.41 Å². The second kappa shape index (κ2) is 14.9. The number of hydrogen-bond donors (Lipinski definition) is 0. The summed E-state index contributed by atoms with van der Waals surface area (Å²) >= 11 is 0. The normalized spacial score (nSPS) is 12.6. The zero-order chi connectivity index (χ0) is 40.9. The highest BCUT2D eigenvalue weighted by Crippen LogP contribution is 2.53. The molecule has 1 aliphatic carbocycles. The lowest BCUT2D eigenvalue weighted by atomic mass is 9.80. The molecule has 0 aliphatic heterocycles. The van der Waals surface area contributed by atoms with Gasteiger partial charge >= 0.3 is 0 Å². The van der Waals surface area contributed by atoms with Gasteiger partial charge in [-0.05, 0) is 110 Å². The van der Waals surface area contributed by atoms with Gasteiger partial charge in [-0.1, -0.05) is 190 Å². The van der Waals surface area contributed by atoms with Crippen molar-refractivity contribution in [3.05, 3.63) is 236 Å². The number of furan rings is 1. The lowest BCUT2D eigenvalue weighted by molar-refractivity contribution is 0.619. The van der Waals surface area contributed by atoms with Gasteiger partial charge < -0.3 is 9.32 Å². The summed E-state index contributed by atoms with van der Waals surface area (Å²) in [4.78, 5) is 2.37. The van der Waals surface area contributed by atoms with Gasteiger partial charge in [0.05, 0.1) is 0 Å². The summed E-state index contributed by atoms with van der Waals surface area (Å²) in [7, 11) is 0. The van der Waals surface area contributed by atoms with Crippen LogP contribution in [0.25, 0.3) is 77.9 Å². The fraction of sp³-hybridized carbons (Fsp3) is 0.0508. The van der Waals surface area contributed by atoms with Crippen molar-refractivity contribution in [2.75, 3.05) is 4.90 Å². The first-order valence-corrected chi connectivity index (χ1v) is 21.1. The van der Waals surface area contributed by atoms with Crippen molar-refractivity contribution in [3.63, 3.8) is 0 Å². The number of para-hydroxylation sites is 1. The molecule has 0 fully saturated rings. The first-order chi connectivity index (χ1) is 30.0. The Morgan fingerprint density at radius 2 is 0.754 bits per heavy atom. The van der Waals surface area contributed by atoms with Crippen molar-refractivity contribution in [2.45, 2.75) is 19.3 Å². The van der Waals surface area contributed by atoms with Crippen LogP contribution in [0.15, 0.2) is 229 Å². The highest BCUT2D eigenvalue weighted by molar-refractivity contribution is 5.95. The maximum Gasteiger partial charge on any atom is 0.139 e. The number of hydrogen-bond acceptors (Lipinski definition) is 2. The van der Waals surface area contributed by atoms with Crippen molar-refractivity contribution in [3.8, 4) is 67.0 Å². The van der Waals surface area contributed by atoms with E-state index in [-0.39, 0.29) is 5.41 Å². The molecular weight excluding hydrogens is 739 g/mol. The Bertz CT molecular complexity index is 3030. The molecule has 0 N–H and O–H groups in total. The minimum Gasteiger partial charge on any atom is -0.456 e. The van der Waals surface area contributed by atoms with Crippen LogP contribution >= 0.6 is 0 Å². The maximum atomic E-state index is 6.48. The third-order valence-corrected chi connectivity index (χ3v) is 12.5. The Kier molecular flexibility index (Phi) is 8.86. The topological polar surface area (TPSA) is 16.4 Å². The molecule has 2 heteroatoms. The molecule has 1 aromatic heterocycles. The van der Waals surface area contributed by atoms with Crippen LogP contribution in [0.3, 0.4) is 0 Å². The smallest absolute Gasteiger partial charge is 0.139 e. The molecule has 1 heterocycles. The summed E-state index contributed by atoms with van der Waals surface area (Å²) in [5.41, 5.74) is 19.8. The van der Waals surface area contributed by atoms with Crippen molar-refractivity contribution in [2.24, 2.45) is 0 Å². The van der Waals surface area contributed by atoms with Crippen molar-refractivity contribution in [1.29, 1.82) is 0 Å². The molecule has 0 unspecified atom stereocenters. The third kappa shape index (κ3) is 6.54. The molecule has 9 aromatic carbocycles. The molecule has 0 atom stereocenters. The molecule has 11 rings (SSSR count). The van der Waals surface area contributed by atoms with Gasteiger partial charge in [0.15, 0.2) is 0 Å². The van der Waals surface area contributed by atoms with Crippen molar-refractivity contribution in [1.82, 2.24) is 0 Å². The number of nitrogens with zero attached hydrogens (tertiary/aromatic N) is 1. The summed E-state index contributed by atoms with van der Waals surface area (Å²) in [6, 6.07) is 81.0. The lowest BCUT2D eigenvalue weighted by Gasteiger charge is -2.27. The Balaban J connectivity index is 0.949. The summed E-state index contributed by atoms with van der Waals surface area (Å²) in [5, 5.41) is 1.20. The largest absolute Gasteiger partial charge is 0.456 e. The van der Waals surface area contributed by atoms with Crippen LogP contribution < -0.4 is 4.90 Å². The van der Waals surface area contributed by atoms with E-state index in [1.807, 2.05) is 6.07 Å². The summed E-state index contributed by atoms with van der Waals surface area (Å²) in [5.74, 6) is 0.999. The SMILES string of the molecule is CC1(C)c2cc(-c3cccc(N(c4ccc(-c5ccc(-c6ccccc6)cc5)cc4)c4ccc(-c5ccc(-c6ccccc6)cc5)cc4)c3)ccc2-c2oc3ccccc3c21. The van der Waals surface area contributed by atoms with Crippen LogP contribution in [0.2, 0.25) is 0 Å². The zero-order valence-electron chi connectivity index (χ0n) is 34.2. The summed E-state index contributed by atoms with van der Waals surface area (Å²) < 4.78 is 6.48. The van der Waals surface area contributed by atoms with Crippen molar-refractivity contribution < 1.29 is 4.42 Å². The summed E-state index contributed by atoms with van der Waals surface area (Å²) in [6.07, 6.45) is 0. The van der Waals surface area contributed by atoms with E-state index >= 15 is 0 Å². The Hall–Kier alpha value is -7.68. The highest BCUT2D eigenvalue weighted by Gasteiger charge is 2.40. The number of anilines is 3. The third-order valence-electron chi connectivity index (χ3n) is 12.5. The highest BCUT2D eigenvalue weighted by atomic mass is 16.3. The summed E-state index contributed by atoms with van der Waals surface area (Å²) in [6.45, 7) is 4.65. The van der Waals surface area contributed by atoms with Crippen LogP contribution in [0.1, 0.15) is 25.0 Å². The van der Waals surface area contributed by atoms with Gasteiger partial charge in [-0.2, -0.15) is 0 Å². The van der Waals surface area contributed by atoms with E-state index in [1.165, 1.54) is 77.7 Å². The standard InChI is InChI=1S/C59H43NO/c1-59(2)55-39-49(32-37-53(55)58-57(59)54-18-9-10-19-56(54)61-58)48-16-11-17-52(38-48)60(50-33-28-46(29-34-50)44-24-20-42(21-25-44)40-12-5-3-6-13-40)51-35-30-47(31-36-51)45-26-22-43(23-27-45)41-14-7-4-8-15-41/h3-39H,1-2H3. The average Bonchev–Trinajstić information content (AvgIpc) is 3.83. The van der Waals surface area contributed by atoms with Crippen LogP contribution in [0.5, 0.6) is 0 Å². The Labute approximate surface area is 357 Å². The van der Waals surface area contributed by atoms with Crippen LogP contribution in [-0.4, -0.2) is 0 Å². The predicted molar refractivity (Wildman–Crippen MR) is 256 cm³/mol. The molecule has 0 radical (unpaired) electrons. The van der Waals surface area contributed by atoms with E-state index in [2.05, 4.69) is 237 Å². The molecule has 0 saturated heterocycles. The van der Waals surface area contributed by atoms with Crippen LogP contribution in [0.4, 0.5) is 17.1 Å². The molecule has 0 saturated carbocycles. The molecule has 0 spiro atoms. The van der Waals surface area contributed by atoms with Gasteiger partial charge in [0.2, 0.25) is 0 Å². The average molecular weight is 782 g/mol. The predicted octanol–water partition coefficient (Wildman–Crippen LogP) is 16.5. The number of benzene rings is 9. The molecule has 2 nitrogen and oxygen atoms in total. The fourth-order valence-electron chi connectivity index (χ4n) is 9.28. The van der Waals surface area contributed by atoms with Gasteiger partial charge in [-0.25, -0.2) is 0 Å². The van der Waals surface area contributed by atoms with Gasteiger partial charge in [-0.3, -0.25) is 0 Å². The van der Waals surface area contributed by atoms with E-state index in [9.17, 15) is 0 Å². The first-order valence-electron chi connectivity index (χ1n) is 21.1. The fourth-order valence-corrected chi connectivity index (χ4v) is 9.28. The van der Waals surface area contributed by atoms with Gasteiger partial charge in [0, 0.05) is 39.0 Å². The molecular formula is C59H43NO. The lowest BCUT2D eigenvalue weighted by Crippen LogP contribution is -2.15. The van der Waals surface area contributed by atoms with E-state index in [1.54, 1.807) is 0 Å². The van der Waals surface area contributed by atoms with Crippen molar-refractivity contribution >= 4 is 28.0 Å². The maximum absolute atomic E-state index is 6.48.